The van der Waals surface area contributed by atoms with E-state index in [2.05, 4.69) is 4.98 Å². The Hall–Kier alpha value is -3.36. The van der Waals surface area contributed by atoms with Crippen LogP contribution in [0.25, 0.3) is 5.65 Å². The molecule has 0 aliphatic carbocycles. The van der Waals surface area contributed by atoms with Crippen LogP contribution >= 0.6 is 0 Å². The molecule has 2 aromatic heterocycles. The molecule has 1 N–H and O–H groups in total. The Morgan fingerprint density at radius 3 is 2.52 bits per heavy atom. The lowest BCUT2D eigenvalue weighted by Gasteiger charge is -2.20. The monoisotopic (exact) mass is 434 g/mol. The first-order valence-electron chi connectivity index (χ1n) is 9.65. The number of carbonyl (C=O) groups is 2. The number of Topliss-reactive ketones (excluding diaryl/α,β-unsaturated/α-hetero) is 1. The van der Waals surface area contributed by atoms with Crippen molar-refractivity contribution in [3.05, 3.63) is 65.1 Å². The van der Waals surface area contributed by atoms with E-state index in [1.165, 1.54) is 22.6 Å². The highest BCUT2D eigenvalue weighted by atomic mass is 19.4. The predicted molar refractivity (Wildman–Crippen MR) is 106 cm³/mol. The average Bonchev–Trinajstić information content (AvgIpc) is 3.03. The van der Waals surface area contributed by atoms with Crippen LogP contribution in [0.4, 0.5) is 13.2 Å². The zero-order valence-electron chi connectivity index (χ0n) is 16.9. The maximum Gasteiger partial charge on any atom is 0.416 e. The number of aromatic nitrogens is 2. The molecule has 0 aliphatic heterocycles. The summed E-state index contributed by atoms with van der Waals surface area (Å²) in [6.07, 6.45) is -4.07. The number of carbonyl (C=O) groups excluding carboxylic acids is 1. The van der Waals surface area contributed by atoms with E-state index in [-0.39, 0.29) is 11.3 Å². The van der Waals surface area contributed by atoms with Gasteiger partial charge < -0.3 is 9.84 Å². The number of halogens is 3. The van der Waals surface area contributed by atoms with Gasteiger partial charge in [-0.1, -0.05) is 18.2 Å². The molecule has 0 amide bonds. The second-order valence-electron chi connectivity index (χ2n) is 7.05. The van der Waals surface area contributed by atoms with Crippen LogP contribution in [0.15, 0.2) is 42.6 Å². The van der Waals surface area contributed by atoms with Crippen LogP contribution in [0.5, 0.6) is 5.75 Å². The number of hydrogen-bond acceptors (Lipinski definition) is 4. The van der Waals surface area contributed by atoms with Gasteiger partial charge in [0.2, 0.25) is 0 Å². The number of aryl methyl sites for hydroxylation is 1. The van der Waals surface area contributed by atoms with Gasteiger partial charge in [0.05, 0.1) is 24.3 Å². The van der Waals surface area contributed by atoms with Crippen LogP contribution in [0, 0.1) is 6.92 Å². The molecule has 0 unspecified atom stereocenters. The van der Waals surface area contributed by atoms with Gasteiger partial charge in [0, 0.05) is 18.5 Å². The standard InChI is InChI=1S/C22H21F3N2O4/c1-3-31-18-9-6-10-27-20(13(2)26-21(18)27)17(28)11-14(12-19(29)30)15-7-4-5-8-16(15)22(23,24)25/h4-10,14H,3,11-12H2,1-2H3,(H,29,30)/t14-/m0/s1. The Kier molecular flexibility index (Phi) is 6.33. The van der Waals surface area contributed by atoms with Crippen LogP contribution < -0.4 is 4.74 Å². The number of ketones is 1. The zero-order valence-corrected chi connectivity index (χ0v) is 16.9. The fourth-order valence-corrected chi connectivity index (χ4v) is 3.69. The zero-order chi connectivity index (χ0) is 22.8. The number of pyridine rings is 1. The molecule has 1 atom stereocenters. The summed E-state index contributed by atoms with van der Waals surface area (Å²) < 4.78 is 47.5. The molecule has 0 fully saturated rings. The van der Waals surface area contributed by atoms with Crippen molar-refractivity contribution < 1.29 is 32.6 Å². The summed E-state index contributed by atoms with van der Waals surface area (Å²) in [6, 6.07) is 8.12. The Bertz CT molecular complexity index is 1120. The number of carboxylic acids is 1. The number of aliphatic carboxylic acids is 1. The summed E-state index contributed by atoms with van der Waals surface area (Å²) in [5.74, 6) is -2.47. The average molecular weight is 434 g/mol. The molecule has 2 heterocycles. The summed E-state index contributed by atoms with van der Waals surface area (Å²) in [4.78, 5) is 28.9. The van der Waals surface area contributed by atoms with Crippen LogP contribution in [0.1, 0.15) is 53.0 Å². The van der Waals surface area contributed by atoms with Gasteiger partial charge in [-0.3, -0.25) is 14.0 Å². The molecule has 3 rings (SSSR count). The molecule has 0 radical (unpaired) electrons. The summed E-state index contributed by atoms with van der Waals surface area (Å²) in [5, 5.41) is 9.28. The van der Waals surface area contributed by atoms with Crippen LogP contribution in [0.2, 0.25) is 0 Å². The number of alkyl halides is 3. The van der Waals surface area contributed by atoms with Crippen LogP contribution in [-0.2, 0) is 11.0 Å². The number of rotatable bonds is 8. The van der Waals surface area contributed by atoms with Crippen molar-refractivity contribution in [3.8, 4) is 5.75 Å². The van der Waals surface area contributed by atoms with E-state index in [4.69, 9.17) is 4.74 Å². The highest BCUT2D eigenvalue weighted by molar-refractivity contribution is 5.97. The van der Waals surface area contributed by atoms with Gasteiger partial charge >= 0.3 is 12.1 Å². The molecule has 3 aromatic rings. The van der Waals surface area contributed by atoms with E-state index in [9.17, 15) is 27.9 Å². The largest absolute Gasteiger partial charge is 0.490 e. The van der Waals surface area contributed by atoms with Crippen molar-refractivity contribution in [3.63, 3.8) is 0 Å². The third-order valence-electron chi connectivity index (χ3n) is 4.91. The SMILES string of the molecule is CCOc1cccn2c(C(=O)C[C@@H](CC(=O)O)c3ccccc3C(F)(F)F)c(C)nc12. The van der Waals surface area contributed by atoms with Gasteiger partial charge in [-0.25, -0.2) is 4.98 Å². The molecular weight excluding hydrogens is 413 g/mol. The van der Waals surface area contributed by atoms with Gasteiger partial charge in [0.25, 0.3) is 0 Å². The normalized spacial score (nSPS) is 12.7. The van der Waals surface area contributed by atoms with Gasteiger partial charge in [-0.05, 0) is 37.6 Å². The van der Waals surface area contributed by atoms with Crippen molar-refractivity contribution >= 4 is 17.4 Å². The second kappa shape index (κ2) is 8.79. The number of nitrogens with zero attached hydrogens (tertiary/aromatic N) is 2. The number of fused-ring (bicyclic) bond motifs is 1. The van der Waals surface area contributed by atoms with E-state index >= 15 is 0 Å². The lowest BCUT2D eigenvalue weighted by molar-refractivity contribution is -0.140. The summed E-state index contributed by atoms with van der Waals surface area (Å²) in [7, 11) is 0. The summed E-state index contributed by atoms with van der Waals surface area (Å²) in [6.45, 7) is 3.82. The van der Waals surface area contributed by atoms with E-state index in [0.717, 1.165) is 6.07 Å². The first-order valence-corrected chi connectivity index (χ1v) is 9.65. The molecular formula is C22H21F3N2O4. The van der Waals surface area contributed by atoms with E-state index in [1.54, 1.807) is 32.2 Å². The van der Waals surface area contributed by atoms with Crippen molar-refractivity contribution in [1.29, 1.82) is 0 Å². The number of imidazole rings is 1. The summed E-state index contributed by atoms with van der Waals surface area (Å²) in [5.41, 5.74) is -0.169. The lowest BCUT2D eigenvalue weighted by atomic mass is 9.86. The minimum atomic E-state index is -4.66. The van der Waals surface area contributed by atoms with Gasteiger partial charge in [-0.15, -0.1) is 0 Å². The van der Waals surface area contributed by atoms with Crippen molar-refractivity contribution in [2.75, 3.05) is 6.61 Å². The third-order valence-corrected chi connectivity index (χ3v) is 4.91. The molecule has 164 valence electrons. The molecule has 0 bridgehead atoms. The molecule has 0 saturated carbocycles. The van der Waals surface area contributed by atoms with E-state index < -0.39 is 42.3 Å². The molecule has 31 heavy (non-hydrogen) atoms. The van der Waals surface area contributed by atoms with Crippen molar-refractivity contribution in [2.45, 2.75) is 38.8 Å². The fourth-order valence-electron chi connectivity index (χ4n) is 3.69. The maximum atomic E-state index is 13.5. The molecule has 9 heteroatoms. The molecule has 0 saturated heterocycles. The lowest BCUT2D eigenvalue weighted by Crippen LogP contribution is -2.18. The Labute approximate surface area is 176 Å². The minimum Gasteiger partial charge on any atom is -0.490 e. The fraction of sp³-hybridized carbons (Fsp3) is 0.318. The maximum absolute atomic E-state index is 13.5. The molecule has 1 aromatic carbocycles. The third kappa shape index (κ3) is 4.70. The second-order valence-corrected chi connectivity index (χ2v) is 7.05. The van der Waals surface area contributed by atoms with Crippen LogP contribution in [-0.4, -0.2) is 32.9 Å². The smallest absolute Gasteiger partial charge is 0.416 e. The van der Waals surface area contributed by atoms with E-state index in [1.807, 2.05) is 0 Å². The molecule has 0 aliphatic rings. The Morgan fingerprint density at radius 1 is 1.16 bits per heavy atom. The van der Waals surface area contributed by atoms with Crippen molar-refractivity contribution in [1.82, 2.24) is 9.38 Å². The van der Waals surface area contributed by atoms with Crippen molar-refractivity contribution in [2.24, 2.45) is 0 Å². The predicted octanol–water partition coefficient (Wildman–Crippen LogP) is 4.89. The highest BCUT2D eigenvalue weighted by Crippen LogP contribution is 2.38. The molecule has 0 spiro atoms. The van der Waals surface area contributed by atoms with Gasteiger partial charge in [0.15, 0.2) is 17.2 Å². The van der Waals surface area contributed by atoms with Crippen LogP contribution in [0.3, 0.4) is 0 Å². The highest BCUT2D eigenvalue weighted by Gasteiger charge is 2.36. The number of hydrogen-bond donors (Lipinski definition) is 1. The molecule has 6 nitrogen and oxygen atoms in total. The Balaban J connectivity index is 2.03. The number of ether oxygens (including phenoxy) is 1. The van der Waals surface area contributed by atoms with Gasteiger partial charge in [-0.2, -0.15) is 13.2 Å². The Morgan fingerprint density at radius 2 is 1.87 bits per heavy atom. The topological polar surface area (TPSA) is 80.9 Å². The summed E-state index contributed by atoms with van der Waals surface area (Å²) >= 11 is 0. The number of benzene rings is 1. The number of carboxylic acid groups (broad SMARTS) is 1. The first kappa shape index (κ1) is 22.3. The first-order chi connectivity index (χ1) is 14.6. The minimum absolute atomic E-state index is 0.191. The van der Waals surface area contributed by atoms with E-state index in [0.29, 0.717) is 23.7 Å². The van der Waals surface area contributed by atoms with Gasteiger partial charge in [0.1, 0.15) is 5.69 Å². The quantitative estimate of drug-likeness (QED) is 0.511.